The fraction of sp³-hybridized carbons (Fsp3) is 0. The van der Waals surface area contributed by atoms with Gasteiger partial charge < -0.3 is 0 Å². The van der Waals surface area contributed by atoms with Crippen LogP contribution < -0.4 is 0 Å². The monoisotopic (exact) mass is 470 g/mol. The molecule has 0 aliphatic rings. The summed E-state index contributed by atoms with van der Waals surface area (Å²) in [6.45, 7) is 0. The molecule has 0 amide bonds. The van der Waals surface area contributed by atoms with E-state index in [1.165, 1.54) is 0 Å². The van der Waals surface area contributed by atoms with E-state index in [0.717, 1.165) is 7.14 Å². The van der Waals surface area contributed by atoms with Crippen molar-refractivity contribution in [3.63, 3.8) is 0 Å². The van der Waals surface area contributed by atoms with E-state index in [1.807, 2.05) is 24.3 Å². The van der Waals surface area contributed by atoms with Gasteiger partial charge in [-0.3, -0.25) is 0 Å². The van der Waals surface area contributed by atoms with Crippen LogP contribution in [0.2, 0.25) is 0 Å². The van der Waals surface area contributed by atoms with Crippen molar-refractivity contribution >= 4 is 70.8 Å². The van der Waals surface area contributed by atoms with E-state index >= 15 is 0 Å². The maximum absolute atomic E-state index is 5.80. The van der Waals surface area contributed by atoms with Crippen molar-refractivity contribution in [1.82, 2.24) is 0 Å². The van der Waals surface area contributed by atoms with Crippen molar-refractivity contribution in [2.45, 2.75) is 0 Å². The van der Waals surface area contributed by atoms with Crippen molar-refractivity contribution in [1.29, 1.82) is 0 Å². The normalized spacial score (nSPS) is 12.7. The molecule has 12 heavy (non-hydrogen) atoms. The molecule has 0 aliphatic heterocycles. The Bertz CT molecular complexity index is 219. The first-order valence-corrected chi connectivity index (χ1v) is 15.9. The van der Waals surface area contributed by atoms with Gasteiger partial charge in [0, 0.05) is 0 Å². The summed E-state index contributed by atoms with van der Waals surface area (Å²) in [5.41, 5.74) is 0. The third kappa shape index (κ3) is 3.53. The molecule has 0 N–H and O–H groups in total. The molecule has 70 valence electrons. The summed E-state index contributed by atoms with van der Waals surface area (Å²) in [7, 11) is 23.2. The summed E-state index contributed by atoms with van der Waals surface area (Å²) < 4.78 is 2.05. The Balaban J connectivity index is 2.86. The molecule has 0 fully saturated rings. The second-order valence-electron chi connectivity index (χ2n) is 1.83. The third-order valence-corrected chi connectivity index (χ3v) is 8.88. The molecular formula is C6H4Cl4I2. The maximum atomic E-state index is 5.80. The predicted octanol–water partition coefficient (Wildman–Crippen LogP) is 5.65. The zero-order valence-corrected chi connectivity index (χ0v) is 12.9. The predicted molar refractivity (Wildman–Crippen MR) is 75.3 cm³/mol. The van der Waals surface area contributed by atoms with Crippen LogP contribution in [0.1, 0.15) is 0 Å². The van der Waals surface area contributed by atoms with E-state index in [0.29, 0.717) is 0 Å². The summed E-state index contributed by atoms with van der Waals surface area (Å²) in [6.07, 6.45) is 0. The van der Waals surface area contributed by atoms with Gasteiger partial charge in [0.15, 0.2) is 0 Å². The van der Waals surface area contributed by atoms with Gasteiger partial charge >= 0.3 is 102 Å². The number of halogens is 6. The first-order chi connectivity index (χ1) is 5.61. The van der Waals surface area contributed by atoms with Crippen LogP contribution in [0.25, 0.3) is 0 Å². The average Bonchev–Trinajstić information content (AvgIpc) is 2.04. The van der Waals surface area contributed by atoms with Gasteiger partial charge in [-0.1, -0.05) is 0 Å². The minimum atomic E-state index is -1.86. The molecule has 0 spiro atoms. The standard InChI is InChI=1S/C6H4Cl4I2/c7-11(8)5-1-2-6(4-3-5)12(9)10/h1-4H. The molecule has 0 atom stereocenters. The Hall–Kier alpha value is 1.84. The van der Waals surface area contributed by atoms with E-state index in [1.54, 1.807) is 0 Å². The molecule has 0 aromatic heterocycles. The molecule has 0 saturated heterocycles. The van der Waals surface area contributed by atoms with Crippen molar-refractivity contribution in [2.75, 3.05) is 0 Å². The van der Waals surface area contributed by atoms with Crippen LogP contribution >= 0.6 is 70.8 Å². The van der Waals surface area contributed by atoms with Gasteiger partial charge in [0.05, 0.1) is 0 Å². The molecule has 0 heterocycles. The van der Waals surface area contributed by atoms with Crippen LogP contribution in [0, 0.1) is 7.14 Å². The van der Waals surface area contributed by atoms with Crippen molar-refractivity contribution in [3.8, 4) is 0 Å². The van der Waals surface area contributed by atoms with Crippen LogP contribution in [-0.2, 0) is 0 Å². The first-order valence-electron chi connectivity index (χ1n) is 2.77. The van der Waals surface area contributed by atoms with Crippen molar-refractivity contribution < 1.29 is 0 Å². The van der Waals surface area contributed by atoms with Gasteiger partial charge in [-0.2, -0.15) is 0 Å². The van der Waals surface area contributed by atoms with Gasteiger partial charge in [0.1, 0.15) is 0 Å². The Morgan fingerprint density at radius 2 is 0.917 bits per heavy atom. The number of hydrogen-bond acceptors (Lipinski definition) is 0. The summed E-state index contributed by atoms with van der Waals surface area (Å²) in [5, 5.41) is 0. The van der Waals surface area contributed by atoms with E-state index in [-0.39, 0.29) is 0 Å². The summed E-state index contributed by atoms with van der Waals surface area (Å²) in [4.78, 5) is 0. The second-order valence-corrected chi connectivity index (χ2v) is 16.2. The SMILES string of the molecule is ClI(Cl)c1ccc(I(Cl)Cl)cc1. The average molecular weight is 472 g/mol. The van der Waals surface area contributed by atoms with Gasteiger partial charge in [-0.25, -0.2) is 0 Å². The Kier molecular flexibility index (Phi) is 5.61. The molecule has 0 radical (unpaired) electrons. The molecule has 0 bridgehead atoms. The van der Waals surface area contributed by atoms with Crippen LogP contribution in [-0.4, -0.2) is 0 Å². The Morgan fingerprint density at radius 3 is 1.08 bits per heavy atom. The molecule has 0 saturated carbocycles. The number of rotatable bonds is 2. The number of hydrogen-bond donors (Lipinski definition) is 0. The van der Waals surface area contributed by atoms with Crippen LogP contribution in [0.15, 0.2) is 24.3 Å². The van der Waals surface area contributed by atoms with E-state index in [2.05, 4.69) is 0 Å². The summed E-state index contributed by atoms with van der Waals surface area (Å²) >= 11 is -3.72. The van der Waals surface area contributed by atoms with Crippen molar-refractivity contribution in [2.24, 2.45) is 0 Å². The summed E-state index contributed by atoms with van der Waals surface area (Å²) in [5.74, 6) is 0. The first kappa shape index (κ1) is 11.9. The minimum absolute atomic E-state index is 1.03. The Morgan fingerprint density at radius 1 is 0.667 bits per heavy atom. The number of benzene rings is 1. The molecule has 1 aromatic rings. The third-order valence-electron chi connectivity index (χ3n) is 1.13. The summed E-state index contributed by atoms with van der Waals surface area (Å²) in [6, 6.07) is 7.65. The zero-order chi connectivity index (χ0) is 9.14. The zero-order valence-electron chi connectivity index (χ0n) is 5.58. The van der Waals surface area contributed by atoms with Gasteiger partial charge in [0.25, 0.3) is 0 Å². The fourth-order valence-corrected chi connectivity index (χ4v) is 4.98. The van der Waals surface area contributed by atoms with Crippen molar-refractivity contribution in [3.05, 3.63) is 31.4 Å². The van der Waals surface area contributed by atoms with E-state index < -0.39 is 35.1 Å². The van der Waals surface area contributed by atoms with Gasteiger partial charge in [0.2, 0.25) is 0 Å². The second kappa shape index (κ2) is 5.66. The molecule has 0 nitrogen and oxygen atoms in total. The quantitative estimate of drug-likeness (QED) is 0.489. The van der Waals surface area contributed by atoms with Crippen LogP contribution in [0.5, 0.6) is 0 Å². The molecule has 0 unspecified atom stereocenters. The molecule has 0 aliphatic carbocycles. The van der Waals surface area contributed by atoms with Gasteiger partial charge in [-0.05, 0) is 0 Å². The molecular weight excluding hydrogens is 468 g/mol. The van der Waals surface area contributed by atoms with E-state index in [9.17, 15) is 0 Å². The topological polar surface area (TPSA) is 0 Å². The van der Waals surface area contributed by atoms with Gasteiger partial charge in [-0.15, -0.1) is 0 Å². The molecule has 1 rings (SSSR count). The van der Waals surface area contributed by atoms with Crippen LogP contribution in [0.3, 0.4) is 0 Å². The fourth-order valence-electron chi connectivity index (χ4n) is 0.620. The van der Waals surface area contributed by atoms with E-state index in [4.69, 9.17) is 35.6 Å². The van der Waals surface area contributed by atoms with Crippen LogP contribution in [0.4, 0.5) is 0 Å². The Labute approximate surface area is 101 Å². The molecule has 6 heteroatoms. The molecule has 1 aromatic carbocycles.